The number of hydrogen-bond donors (Lipinski definition) is 0. The maximum Gasteiger partial charge on any atom is 0.315 e. The zero-order valence-corrected chi connectivity index (χ0v) is 16.4. The minimum atomic E-state index is -0.546. The van der Waals surface area contributed by atoms with E-state index in [-0.39, 0.29) is 46.8 Å². The molecule has 0 saturated carbocycles. The highest BCUT2D eigenvalue weighted by Crippen LogP contribution is 2.45. The van der Waals surface area contributed by atoms with Crippen molar-refractivity contribution < 1.29 is 23.6 Å². The molecule has 10 heteroatoms. The molecule has 9 nitrogen and oxygen atoms in total. The van der Waals surface area contributed by atoms with Crippen molar-refractivity contribution in [2.75, 3.05) is 47.4 Å². The number of nitro groups is 1. The van der Waals surface area contributed by atoms with Crippen LogP contribution in [0.2, 0.25) is 0 Å². The standard InChI is InChI=1S/C17H21N3O6.ClH/c1-10-11-9-12(20(22)23)15(24-3)16(25-4)14(11)26-13(10)17(21)19-7-5-18(2)6-8-19;/h9H,5-8H2,1-4H3;1H. The summed E-state index contributed by atoms with van der Waals surface area (Å²) in [7, 11) is 4.70. The third kappa shape index (κ3) is 3.52. The molecule has 2 aromatic rings. The Bertz CT molecular complexity index is 873. The Kier molecular flexibility index (Phi) is 6.17. The smallest absolute Gasteiger partial charge is 0.315 e. The number of carbonyl (C=O) groups is 1. The quantitative estimate of drug-likeness (QED) is 0.575. The molecule has 0 radical (unpaired) electrons. The number of methoxy groups -OCH3 is 2. The number of piperazine rings is 1. The van der Waals surface area contributed by atoms with E-state index >= 15 is 0 Å². The number of benzene rings is 1. The summed E-state index contributed by atoms with van der Waals surface area (Å²) < 4.78 is 16.2. The molecule has 148 valence electrons. The Balaban J connectivity index is 0.00000261. The van der Waals surface area contributed by atoms with Gasteiger partial charge in [-0.1, -0.05) is 0 Å². The van der Waals surface area contributed by atoms with E-state index in [1.54, 1.807) is 11.8 Å². The van der Waals surface area contributed by atoms with Crippen LogP contribution in [0.4, 0.5) is 5.69 Å². The highest BCUT2D eigenvalue weighted by Gasteiger charge is 2.31. The Hall–Kier alpha value is -2.52. The maximum atomic E-state index is 12.9. The Morgan fingerprint density at radius 3 is 2.30 bits per heavy atom. The number of aryl methyl sites for hydroxylation is 1. The van der Waals surface area contributed by atoms with Crippen LogP contribution in [-0.2, 0) is 0 Å². The second kappa shape index (κ2) is 8.01. The lowest BCUT2D eigenvalue weighted by molar-refractivity contribution is -0.385. The zero-order valence-electron chi connectivity index (χ0n) is 15.6. The van der Waals surface area contributed by atoms with Crippen LogP contribution in [0, 0.1) is 17.0 Å². The van der Waals surface area contributed by atoms with Gasteiger partial charge in [0.05, 0.1) is 19.1 Å². The molecule has 0 bridgehead atoms. The van der Waals surface area contributed by atoms with E-state index in [0.717, 1.165) is 13.1 Å². The summed E-state index contributed by atoms with van der Waals surface area (Å²) >= 11 is 0. The molecule has 1 amide bonds. The Morgan fingerprint density at radius 2 is 1.78 bits per heavy atom. The first-order valence-electron chi connectivity index (χ1n) is 8.19. The number of carbonyl (C=O) groups excluding carboxylic acids is 1. The molecule has 3 rings (SSSR count). The van der Waals surface area contributed by atoms with E-state index in [1.165, 1.54) is 20.3 Å². The predicted molar refractivity (Wildman–Crippen MR) is 101 cm³/mol. The van der Waals surface area contributed by atoms with Gasteiger partial charge in [0.1, 0.15) is 0 Å². The summed E-state index contributed by atoms with van der Waals surface area (Å²) in [4.78, 5) is 27.6. The van der Waals surface area contributed by atoms with Crippen molar-refractivity contribution in [1.29, 1.82) is 0 Å². The molecule has 1 fully saturated rings. The highest BCUT2D eigenvalue weighted by molar-refractivity contribution is 6.02. The van der Waals surface area contributed by atoms with Gasteiger partial charge in [-0.15, -0.1) is 12.4 Å². The summed E-state index contributed by atoms with van der Waals surface area (Å²) in [6, 6.07) is 1.36. The SMILES string of the molecule is COc1c([N+](=O)[O-])cc2c(C)c(C(=O)N3CCN(C)CC3)oc2c1OC.Cl. The molecule has 1 aliphatic rings. The van der Waals surface area contributed by atoms with Gasteiger partial charge in [-0.3, -0.25) is 14.9 Å². The number of rotatable bonds is 4. The van der Waals surface area contributed by atoms with Crippen LogP contribution in [0.3, 0.4) is 0 Å². The van der Waals surface area contributed by atoms with Crippen molar-refractivity contribution in [1.82, 2.24) is 9.80 Å². The van der Waals surface area contributed by atoms with Crippen LogP contribution in [0.1, 0.15) is 16.1 Å². The molecule has 0 N–H and O–H groups in total. The number of hydrogen-bond acceptors (Lipinski definition) is 7. The average molecular weight is 400 g/mol. The molecule has 0 spiro atoms. The topological polar surface area (TPSA) is 98.3 Å². The summed E-state index contributed by atoms with van der Waals surface area (Å²) in [5, 5.41) is 11.8. The summed E-state index contributed by atoms with van der Waals surface area (Å²) in [5.74, 6) is 0.0236. The zero-order chi connectivity index (χ0) is 19.0. The van der Waals surface area contributed by atoms with Crippen LogP contribution in [0.15, 0.2) is 10.5 Å². The molecular weight excluding hydrogens is 378 g/mol. The lowest BCUT2D eigenvalue weighted by Crippen LogP contribution is -2.47. The predicted octanol–water partition coefficient (Wildman–Crippen LogP) is 2.48. The fraction of sp³-hybridized carbons (Fsp3) is 0.471. The maximum absolute atomic E-state index is 12.9. The van der Waals surface area contributed by atoms with Crippen LogP contribution in [0.25, 0.3) is 11.0 Å². The number of likely N-dealkylation sites (N-methyl/N-ethyl adjacent to an activating group) is 1. The molecule has 1 saturated heterocycles. The van der Waals surface area contributed by atoms with Gasteiger partial charge in [-0.05, 0) is 14.0 Å². The number of amides is 1. The van der Waals surface area contributed by atoms with Crippen molar-refractivity contribution in [3.05, 3.63) is 27.5 Å². The average Bonchev–Trinajstić information content (AvgIpc) is 2.96. The molecule has 1 aromatic carbocycles. The fourth-order valence-corrected chi connectivity index (χ4v) is 3.17. The number of ether oxygens (including phenoxy) is 2. The van der Waals surface area contributed by atoms with Gasteiger partial charge in [0.15, 0.2) is 11.3 Å². The van der Waals surface area contributed by atoms with Gasteiger partial charge in [0.25, 0.3) is 5.91 Å². The largest absolute Gasteiger partial charge is 0.490 e. The van der Waals surface area contributed by atoms with Crippen LogP contribution >= 0.6 is 12.4 Å². The Morgan fingerprint density at radius 1 is 1.19 bits per heavy atom. The highest BCUT2D eigenvalue weighted by atomic mass is 35.5. The number of halogens is 1. The van der Waals surface area contributed by atoms with Crippen molar-refractivity contribution >= 4 is 35.0 Å². The summed E-state index contributed by atoms with van der Waals surface area (Å²) in [6.45, 7) is 4.49. The lowest BCUT2D eigenvalue weighted by atomic mass is 10.1. The molecule has 1 aromatic heterocycles. The monoisotopic (exact) mass is 399 g/mol. The van der Waals surface area contributed by atoms with Crippen LogP contribution in [-0.4, -0.2) is 68.1 Å². The van der Waals surface area contributed by atoms with Gasteiger partial charge in [0.2, 0.25) is 11.5 Å². The molecule has 27 heavy (non-hydrogen) atoms. The van der Waals surface area contributed by atoms with E-state index in [4.69, 9.17) is 13.9 Å². The molecule has 0 atom stereocenters. The Labute approximate surface area is 162 Å². The summed E-state index contributed by atoms with van der Waals surface area (Å²) in [6.07, 6.45) is 0. The van der Waals surface area contributed by atoms with Gasteiger partial charge in [-0.25, -0.2) is 0 Å². The van der Waals surface area contributed by atoms with E-state index in [9.17, 15) is 14.9 Å². The van der Waals surface area contributed by atoms with Crippen LogP contribution < -0.4 is 9.47 Å². The molecule has 0 unspecified atom stereocenters. The minimum Gasteiger partial charge on any atom is -0.490 e. The second-order valence-corrected chi connectivity index (χ2v) is 6.25. The van der Waals surface area contributed by atoms with Gasteiger partial charge in [0, 0.05) is 43.2 Å². The number of nitrogens with zero attached hydrogens (tertiary/aromatic N) is 3. The third-order valence-corrected chi connectivity index (χ3v) is 4.71. The van der Waals surface area contributed by atoms with Gasteiger partial charge < -0.3 is 23.7 Å². The van der Waals surface area contributed by atoms with Crippen molar-refractivity contribution in [2.45, 2.75) is 6.92 Å². The fourth-order valence-electron chi connectivity index (χ4n) is 3.17. The van der Waals surface area contributed by atoms with Crippen molar-refractivity contribution in [3.8, 4) is 11.5 Å². The van der Waals surface area contributed by atoms with Gasteiger partial charge >= 0.3 is 5.69 Å². The van der Waals surface area contributed by atoms with Crippen molar-refractivity contribution in [3.63, 3.8) is 0 Å². The minimum absolute atomic E-state index is 0. The third-order valence-electron chi connectivity index (χ3n) is 4.71. The normalized spacial score (nSPS) is 14.7. The summed E-state index contributed by atoms with van der Waals surface area (Å²) in [5.41, 5.74) is 0.581. The lowest BCUT2D eigenvalue weighted by Gasteiger charge is -2.31. The van der Waals surface area contributed by atoms with E-state index in [1.807, 2.05) is 7.05 Å². The second-order valence-electron chi connectivity index (χ2n) is 6.25. The van der Waals surface area contributed by atoms with Gasteiger partial charge in [-0.2, -0.15) is 0 Å². The first-order chi connectivity index (χ1) is 12.4. The first-order valence-corrected chi connectivity index (χ1v) is 8.19. The van der Waals surface area contributed by atoms with E-state index in [2.05, 4.69) is 4.90 Å². The number of furan rings is 1. The van der Waals surface area contributed by atoms with E-state index < -0.39 is 4.92 Å². The molecule has 1 aliphatic heterocycles. The molecule has 2 heterocycles. The molecular formula is C17H22ClN3O6. The number of nitro benzene ring substituents is 1. The number of fused-ring (bicyclic) bond motifs is 1. The van der Waals surface area contributed by atoms with Crippen LogP contribution in [0.5, 0.6) is 11.5 Å². The molecule has 0 aliphatic carbocycles. The first kappa shape index (κ1) is 20.8. The van der Waals surface area contributed by atoms with E-state index in [0.29, 0.717) is 24.0 Å². The van der Waals surface area contributed by atoms with Crippen molar-refractivity contribution in [2.24, 2.45) is 0 Å².